The van der Waals surface area contributed by atoms with Crippen LogP contribution in [0.5, 0.6) is 0 Å². The lowest BCUT2D eigenvalue weighted by Gasteiger charge is -2.04. The molecule has 0 amide bonds. The van der Waals surface area contributed by atoms with Crippen molar-refractivity contribution < 1.29 is 9.90 Å². The molecule has 1 rings (SSSR count). The van der Waals surface area contributed by atoms with Crippen molar-refractivity contribution in [2.45, 2.75) is 6.04 Å². The fourth-order valence-electron chi connectivity index (χ4n) is 0.713. The number of aromatic nitrogens is 1. The van der Waals surface area contributed by atoms with Gasteiger partial charge in [-0.05, 0) is 17.7 Å². The SMILES string of the molecule is Cl.Cl.N[C@H](C(=O)O)c1ccncc1. The monoisotopic (exact) mass is 224 g/mol. The lowest BCUT2D eigenvalue weighted by Crippen LogP contribution is -2.20. The normalized spacial score (nSPS) is 10.5. The third-order valence-electron chi connectivity index (χ3n) is 1.33. The molecule has 4 nitrogen and oxygen atoms in total. The Hall–Kier alpha value is -0.840. The quantitative estimate of drug-likeness (QED) is 0.787. The topological polar surface area (TPSA) is 76.2 Å². The third-order valence-corrected chi connectivity index (χ3v) is 1.33. The molecule has 0 fully saturated rings. The second-order valence-corrected chi connectivity index (χ2v) is 2.10. The van der Waals surface area contributed by atoms with E-state index in [4.69, 9.17) is 10.8 Å². The predicted octanol–water partition coefficient (Wildman–Crippen LogP) is 1.01. The molecular weight excluding hydrogens is 215 g/mol. The number of halogens is 2. The number of pyridine rings is 1. The maximum Gasteiger partial charge on any atom is 0.325 e. The van der Waals surface area contributed by atoms with Gasteiger partial charge in [0.15, 0.2) is 0 Å². The first-order valence-corrected chi connectivity index (χ1v) is 3.10. The number of rotatable bonds is 2. The molecule has 0 radical (unpaired) electrons. The average molecular weight is 225 g/mol. The molecular formula is C7H10Cl2N2O2. The summed E-state index contributed by atoms with van der Waals surface area (Å²) in [5.74, 6) is -1.03. The van der Waals surface area contributed by atoms with Gasteiger partial charge in [-0.3, -0.25) is 9.78 Å². The van der Waals surface area contributed by atoms with Crippen molar-refractivity contribution in [2.24, 2.45) is 5.73 Å². The molecule has 1 heterocycles. The summed E-state index contributed by atoms with van der Waals surface area (Å²) in [4.78, 5) is 14.1. The van der Waals surface area contributed by atoms with Crippen LogP contribution in [-0.4, -0.2) is 16.1 Å². The molecule has 0 spiro atoms. The summed E-state index contributed by atoms with van der Waals surface area (Å²) in [6.45, 7) is 0. The van der Waals surface area contributed by atoms with Crippen LogP contribution in [-0.2, 0) is 4.79 Å². The molecule has 0 aliphatic carbocycles. The van der Waals surface area contributed by atoms with Crippen LogP contribution in [0.15, 0.2) is 24.5 Å². The van der Waals surface area contributed by atoms with Crippen LogP contribution >= 0.6 is 24.8 Å². The number of aliphatic carboxylic acids is 1. The summed E-state index contributed by atoms with van der Waals surface area (Å²) in [6.07, 6.45) is 3.02. The van der Waals surface area contributed by atoms with Gasteiger partial charge in [0.25, 0.3) is 0 Å². The first-order valence-electron chi connectivity index (χ1n) is 3.10. The van der Waals surface area contributed by atoms with Gasteiger partial charge < -0.3 is 10.8 Å². The Morgan fingerprint density at radius 3 is 2.23 bits per heavy atom. The van der Waals surface area contributed by atoms with Crippen molar-refractivity contribution in [3.63, 3.8) is 0 Å². The Morgan fingerprint density at radius 2 is 1.85 bits per heavy atom. The summed E-state index contributed by atoms with van der Waals surface area (Å²) in [7, 11) is 0. The van der Waals surface area contributed by atoms with Gasteiger partial charge in [-0.2, -0.15) is 0 Å². The van der Waals surface area contributed by atoms with Crippen LogP contribution in [0.2, 0.25) is 0 Å². The lowest BCUT2D eigenvalue weighted by atomic mass is 10.1. The van der Waals surface area contributed by atoms with E-state index in [0.717, 1.165) is 0 Å². The van der Waals surface area contributed by atoms with Crippen LogP contribution in [0.4, 0.5) is 0 Å². The highest BCUT2D eigenvalue weighted by Crippen LogP contribution is 2.07. The molecule has 0 aromatic carbocycles. The van der Waals surface area contributed by atoms with E-state index in [0.29, 0.717) is 5.56 Å². The van der Waals surface area contributed by atoms with Crippen LogP contribution in [0.25, 0.3) is 0 Å². The molecule has 1 aromatic heterocycles. The third kappa shape index (κ3) is 4.07. The summed E-state index contributed by atoms with van der Waals surface area (Å²) < 4.78 is 0. The van der Waals surface area contributed by atoms with Crippen molar-refractivity contribution >= 4 is 30.8 Å². The number of carbonyl (C=O) groups is 1. The molecule has 0 saturated carbocycles. The van der Waals surface area contributed by atoms with Gasteiger partial charge in [-0.1, -0.05) is 0 Å². The maximum atomic E-state index is 10.4. The fraction of sp³-hybridized carbons (Fsp3) is 0.143. The first-order chi connectivity index (χ1) is 5.22. The molecule has 13 heavy (non-hydrogen) atoms. The van der Waals surface area contributed by atoms with Gasteiger partial charge in [0, 0.05) is 12.4 Å². The molecule has 0 saturated heterocycles. The van der Waals surface area contributed by atoms with Gasteiger partial charge in [0.1, 0.15) is 6.04 Å². The van der Waals surface area contributed by atoms with E-state index in [1.807, 2.05) is 0 Å². The molecule has 0 unspecified atom stereocenters. The van der Waals surface area contributed by atoms with E-state index in [9.17, 15) is 4.79 Å². The van der Waals surface area contributed by atoms with Crippen LogP contribution < -0.4 is 5.73 Å². The smallest absolute Gasteiger partial charge is 0.325 e. The minimum Gasteiger partial charge on any atom is -0.480 e. The molecule has 1 atom stereocenters. The molecule has 74 valence electrons. The number of nitrogens with two attached hydrogens (primary N) is 1. The molecule has 0 bridgehead atoms. The molecule has 6 heteroatoms. The molecule has 0 aliphatic rings. The Morgan fingerprint density at radius 1 is 1.38 bits per heavy atom. The van der Waals surface area contributed by atoms with Gasteiger partial charge in [0.05, 0.1) is 0 Å². The minimum atomic E-state index is -1.03. The minimum absolute atomic E-state index is 0. The summed E-state index contributed by atoms with van der Waals surface area (Å²) >= 11 is 0. The molecule has 0 aliphatic heterocycles. The highest BCUT2D eigenvalue weighted by atomic mass is 35.5. The number of hydrogen-bond acceptors (Lipinski definition) is 3. The zero-order valence-electron chi connectivity index (χ0n) is 6.58. The highest BCUT2D eigenvalue weighted by Gasteiger charge is 2.12. The van der Waals surface area contributed by atoms with Crippen LogP contribution in [0.1, 0.15) is 11.6 Å². The van der Waals surface area contributed by atoms with Crippen molar-refractivity contribution in [3.05, 3.63) is 30.1 Å². The summed E-state index contributed by atoms with van der Waals surface area (Å²) in [5.41, 5.74) is 5.87. The largest absolute Gasteiger partial charge is 0.480 e. The van der Waals surface area contributed by atoms with E-state index in [1.54, 1.807) is 12.1 Å². The van der Waals surface area contributed by atoms with Gasteiger partial charge >= 0.3 is 5.97 Å². The lowest BCUT2D eigenvalue weighted by molar-refractivity contribution is -0.138. The van der Waals surface area contributed by atoms with Gasteiger partial charge in [-0.15, -0.1) is 24.8 Å². The Balaban J connectivity index is 0. The number of nitrogens with zero attached hydrogens (tertiary/aromatic N) is 1. The van der Waals surface area contributed by atoms with Crippen LogP contribution in [0, 0.1) is 0 Å². The Bertz CT molecular complexity index is 256. The maximum absolute atomic E-state index is 10.4. The molecule has 1 aromatic rings. The van der Waals surface area contributed by atoms with Crippen LogP contribution in [0.3, 0.4) is 0 Å². The second kappa shape index (κ2) is 6.65. The van der Waals surface area contributed by atoms with Crippen molar-refractivity contribution in [1.82, 2.24) is 4.98 Å². The van der Waals surface area contributed by atoms with E-state index in [2.05, 4.69) is 4.98 Å². The van der Waals surface area contributed by atoms with Gasteiger partial charge in [0.2, 0.25) is 0 Å². The zero-order valence-corrected chi connectivity index (χ0v) is 8.22. The van der Waals surface area contributed by atoms with Gasteiger partial charge in [-0.25, -0.2) is 0 Å². The van der Waals surface area contributed by atoms with E-state index < -0.39 is 12.0 Å². The Labute approximate surface area is 88.0 Å². The fourth-order valence-corrected chi connectivity index (χ4v) is 0.713. The zero-order chi connectivity index (χ0) is 8.27. The highest BCUT2D eigenvalue weighted by molar-refractivity contribution is 5.85. The average Bonchev–Trinajstić information content (AvgIpc) is 2.05. The summed E-state index contributed by atoms with van der Waals surface area (Å²) in [5, 5.41) is 8.49. The van der Waals surface area contributed by atoms with E-state index >= 15 is 0 Å². The summed E-state index contributed by atoms with van der Waals surface area (Å²) in [6, 6.07) is 2.22. The number of hydrogen-bond donors (Lipinski definition) is 2. The standard InChI is InChI=1S/C7H8N2O2.2ClH/c8-6(7(10)11)5-1-3-9-4-2-5;;/h1-4,6H,8H2,(H,10,11);2*1H/t6-;;/m0../s1. The van der Waals surface area contributed by atoms with Crippen molar-refractivity contribution in [1.29, 1.82) is 0 Å². The molecule has 3 N–H and O–H groups in total. The van der Waals surface area contributed by atoms with E-state index in [1.165, 1.54) is 12.4 Å². The number of carboxylic acids is 1. The predicted molar refractivity (Wildman–Crippen MR) is 53.3 cm³/mol. The van der Waals surface area contributed by atoms with E-state index in [-0.39, 0.29) is 24.8 Å². The second-order valence-electron chi connectivity index (χ2n) is 2.10. The first kappa shape index (κ1) is 14.7. The number of carboxylic acid groups (broad SMARTS) is 1. The Kier molecular flexibility index (Phi) is 7.51. The van der Waals surface area contributed by atoms with Crippen molar-refractivity contribution in [3.8, 4) is 0 Å². The van der Waals surface area contributed by atoms with Crippen molar-refractivity contribution in [2.75, 3.05) is 0 Å².